The average molecular weight is 556 g/mol. The van der Waals surface area contributed by atoms with Gasteiger partial charge in [-0.25, -0.2) is 4.39 Å². The number of hydrazine groups is 2. The number of benzene rings is 2. The van der Waals surface area contributed by atoms with Gasteiger partial charge in [-0.1, -0.05) is 40.9 Å². The van der Waals surface area contributed by atoms with Crippen molar-refractivity contribution in [3.63, 3.8) is 0 Å². The largest absolute Gasteiger partial charge is 0.373 e. The van der Waals surface area contributed by atoms with Gasteiger partial charge < -0.3 is 21.5 Å². The van der Waals surface area contributed by atoms with Gasteiger partial charge in [0, 0.05) is 40.9 Å². The van der Waals surface area contributed by atoms with Crippen molar-refractivity contribution in [1.82, 2.24) is 26.4 Å². The van der Waals surface area contributed by atoms with Gasteiger partial charge in [0.25, 0.3) is 0 Å². The van der Waals surface area contributed by atoms with E-state index in [-0.39, 0.29) is 27.3 Å². The highest BCUT2D eigenvalue weighted by Gasteiger charge is 2.23. The molecule has 4 aromatic rings. The van der Waals surface area contributed by atoms with Gasteiger partial charge in [0.05, 0.1) is 49.3 Å². The highest BCUT2D eigenvalue weighted by Crippen LogP contribution is 2.38. The van der Waals surface area contributed by atoms with E-state index in [0.29, 0.717) is 27.3 Å². The van der Waals surface area contributed by atoms with Crippen molar-refractivity contribution in [2.45, 2.75) is 13.0 Å². The fourth-order valence-corrected chi connectivity index (χ4v) is 4.60. The predicted molar refractivity (Wildman–Crippen MR) is 144 cm³/mol. The molecule has 5 N–H and O–H groups in total. The number of aryl methyl sites for hydroxylation is 1. The molecule has 8 nitrogen and oxygen atoms in total. The number of fused-ring (bicyclic) bond motifs is 1. The van der Waals surface area contributed by atoms with Crippen LogP contribution in [0.1, 0.15) is 22.9 Å². The molecule has 5 rings (SSSR count). The van der Waals surface area contributed by atoms with E-state index >= 15 is 0 Å². The molecule has 186 valence electrons. The predicted octanol–water partition coefficient (Wildman–Crippen LogP) is 6.26. The zero-order chi connectivity index (χ0) is 26.1. The van der Waals surface area contributed by atoms with Crippen molar-refractivity contribution in [3.8, 4) is 6.07 Å². The lowest BCUT2D eigenvalue weighted by atomic mass is 10.0. The Hall–Kier alpha value is -3.81. The van der Waals surface area contributed by atoms with Crippen LogP contribution in [0.15, 0.2) is 60.7 Å². The van der Waals surface area contributed by atoms with Gasteiger partial charge in [-0.2, -0.15) is 10.8 Å². The second-order valence-electron chi connectivity index (χ2n) is 8.11. The van der Waals surface area contributed by atoms with E-state index in [4.69, 9.17) is 34.8 Å². The number of nitrogens with one attached hydrogen (secondary N) is 5. The van der Waals surface area contributed by atoms with Gasteiger partial charge in [-0.05, 0) is 37.3 Å². The fraction of sp³-hybridized carbons (Fsp3) is 0.0800. The second-order valence-corrected chi connectivity index (χ2v) is 9.30. The first-order valence-corrected chi connectivity index (χ1v) is 12.1. The van der Waals surface area contributed by atoms with E-state index in [2.05, 4.69) is 43.1 Å². The summed E-state index contributed by atoms with van der Waals surface area (Å²) in [6, 6.07) is 12.0. The van der Waals surface area contributed by atoms with Crippen LogP contribution in [-0.4, -0.2) is 9.97 Å². The molecular weight excluding hydrogens is 538 g/mol. The van der Waals surface area contributed by atoms with Gasteiger partial charge in [0.15, 0.2) is 5.82 Å². The maximum Gasteiger partial charge on any atom is 0.166 e. The molecule has 0 saturated heterocycles. The lowest BCUT2D eigenvalue weighted by Gasteiger charge is -2.23. The maximum absolute atomic E-state index is 14.9. The number of halogens is 4. The average Bonchev–Trinajstić information content (AvgIpc) is 3.43. The summed E-state index contributed by atoms with van der Waals surface area (Å²) in [6.45, 7) is 1.92. The Bertz CT molecular complexity index is 1600. The van der Waals surface area contributed by atoms with Gasteiger partial charge >= 0.3 is 0 Å². The molecule has 0 spiro atoms. The molecule has 0 saturated carbocycles. The highest BCUT2D eigenvalue weighted by atomic mass is 35.5. The normalized spacial score (nSPS) is 13.4. The van der Waals surface area contributed by atoms with E-state index in [0.717, 1.165) is 17.0 Å². The molecule has 2 aromatic heterocycles. The smallest absolute Gasteiger partial charge is 0.166 e. The topological polar surface area (TPSA) is 110 Å². The Morgan fingerprint density at radius 1 is 1.11 bits per heavy atom. The molecule has 37 heavy (non-hydrogen) atoms. The summed E-state index contributed by atoms with van der Waals surface area (Å²) < 4.78 is 14.9. The van der Waals surface area contributed by atoms with E-state index in [1.54, 1.807) is 24.5 Å². The van der Waals surface area contributed by atoms with Crippen LogP contribution in [0, 0.1) is 24.1 Å². The van der Waals surface area contributed by atoms with Crippen molar-refractivity contribution < 1.29 is 4.39 Å². The van der Waals surface area contributed by atoms with Crippen molar-refractivity contribution in [2.24, 2.45) is 0 Å². The molecule has 1 aliphatic heterocycles. The van der Waals surface area contributed by atoms with Crippen LogP contribution in [0.4, 0.5) is 21.5 Å². The molecule has 2 aromatic carbocycles. The molecule has 0 bridgehead atoms. The fourth-order valence-electron chi connectivity index (χ4n) is 4.02. The minimum absolute atomic E-state index is 0.0502. The van der Waals surface area contributed by atoms with Gasteiger partial charge in [0.1, 0.15) is 6.07 Å². The Morgan fingerprint density at radius 2 is 1.95 bits per heavy atom. The first-order valence-electron chi connectivity index (χ1n) is 10.9. The van der Waals surface area contributed by atoms with Crippen LogP contribution < -0.4 is 27.0 Å². The van der Waals surface area contributed by atoms with Crippen LogP contribution in [-0.2, 0) is 0 Å². The molecule has 1 aliphatic rings. The standard InChI is InChI=1S/C25H18Cl3FN8/c1-12-15(3-2-6-31-12)25(20-11-33-37-36-20)34-14-7-16-23(13(9-30)10-32-24(16)18(27)8-14)35-19-5-4-17(26)21(28)22(19)29/h2-8,10-11,25,33-34,36-37H,1H3,(H,32,35)/t25-/m0/s1. The number of hydrogen-bond acceptors (Lipinski definition) is 8. The Labute approximate surface area is 226 Å². The Balaban J connectivity index is 1.63. The second kappa shape index (κ2) is 10.3. The lowest BCUT2D eigenvalue weighted by molar-refractivity contribution is 0.582. The maximum atomic E-state index is 14.9. The third kappa shape index (κ3) is 4.80. The molecule has 3 heterocycles. The number of hydrogen-bond donors (Lipinski definition) is 5. The molecule has 0 unspecified atom stereocenters. The molecular formula is C25H18Cl3FN8. The van der Waals surface area contributed by atoms with Crippen LogP contribution in [0.3, 0.4) is 0 Å². The molecule has 0 amide bonds. The molecule has 12 heteroatoms. The minimum Gasteiger partial charge on any atom is -0.373 e. The number of anilines is 3. The van der Waals surface area contributed by atoms with Crippen LogP contribution in [0.25, 0.3) is 10.9 Å². The van der Waals surface area contributed by atoms with Crippen molar-refractivity contribution in [3.05, 3.63) is 98.4 Å². The number of nitrogens with zero attached hydrogens (tertiary/aromatic N) is 3. The summed E-state index contributed by atoms with van der Waals surface area (Å²) in [7, 11) is 0. The Morgan fingerprint density at radius 3 is 2.68 bits per heavy atom. The number of aromatic nitrogens is 2. The number of pyridine rings is 2. The molecule has 0 aliphatic carbocycles. The summed E-state index contributed by atoms with van der Waals surface area (Å²) >= 11 is 18.6. The third-order valence-corrected chi connectivity index (χ3v) is 6.90. The molecule has 0 radical (unpaired) electrons. The zero-order valence-electron chi connectivity index (χ0n) is 19.1. The van der Waals surface area contributed by atoms with Crippen LogP contribution in [0.2, 0.25) is 15.1 Å². The Kier molecular flexibility index (Phi) is 6.91. The number of rotatable bonds is 6. The highest BCUT2D eigenvalue weighted by molar-refractivity contribution is 6.42. The van der Waals surface area contributed by atoms with Gasteiger partial charge in [-0.3, -0.25) is 9.97 Å². The first-order chi connectivity index (χ1) is 17.9. The van der Waals surface area contributed by atoms with Crippen molar-refractivity contribution >= 4 is 62.8 Å². The van der Waals surface area contributed by atoms with E-state index in [9.17, 15) is 9.65 Å². The van der Waals surface area contributed by atoms with Crippen molar-refractivity contribution in [2.75, 3.05) is 10.6 Å². The quantitative estimate of drug-likeness (QED) is 0.177. The minimum atomic E-state index is -0.741. The van der Waals surface area contributed by atoms with Crippen molar-refractivity contribution in [1.29, 1.82) is 5.26 Å². The summed E-state index contributed by atoms with van der Waals surface area (Å²) in [4.78, 5) is 8.77. The first kappa shape index (κ1) is 24.9. The van der Waals surface area contributed by atoms with E-state index < -0.39 is 5.82 Å². The summed E-state index contributed by atoms with van der Waals surface area (Å²) in [5.74, 6) is -0.741. The molecule has 0 fully saturated rings. The van der Waals surface area contributed by atoms with Gasteiger partial charge in [0.2, 0.25) is 0 Å². The van der Waals surface area contributed by atoms with Crippen LogP contribution >= 0.6 is 34.8 Å². The summed E-state index contributed by atoms with van der Waals surface area (Å²) in [5, 5.41) is 16.9. The van der Waals surface area contributed by atoms with E-state index in [1.165, 1.54) is 18.3 Å². The zero-order valence-corrected chi connectivity index (χ0v) is 21.4. The third-order valence-electron chi connectivity index (χ3n) is 5.83. The molecule has 1 atom stereocenters. The monoisotopic (exact) mass is 554 g/mol. The summed E-state index contributed by atoms with van der Waals surface area (Å²) in [5.41, 5.74) is 13.1. The van der Waals surface area contributed by atoms with Gasteiger partial charge in [-0.15, -0.1) is 0 Å². The number of nitriles is 1. The lowest BCUT2D eigenvalue weighted by Crippen LogP contribution is -2.34. The summed E-state index contributed by atoms with van der Waals surface area (Å²) in [6.07, 6.45) is 4.90. The van der Waals surface area contributed by atoms with E-state index in [1.807, 2.05) is 19.1 Å². The SMILES string of the molecule is Cc1ncccc1[C@H](Nc1cc(Cl)c2ncc(C#N)c(Nc3ccc(Cl)c(Cl)c3F)c2c1)C1=CNNN1. The van der Waals surface area contributed by atoms with Crippen LogP contribution in [0.5, 0.6) is 0 Å².